The molecule has 0 aliphatic rings. The van der Waals surface area contributed by atoms with Gasteiger partial charge in [0.2, 0.25) is 10.1 Å². The molecule has 0 saturated carbocycles. The Balaban J connectivity index is 1.55. The molecule has 5 nitrogen and oxygen atoms in total. The topological polar surface area (TPSA) is 68.2 Å². The summed E-state index contributed by atoms with van der Waals surface area (Å²) in [5, 5.41) is 8.72. The van der Waals surface area contributed by atoms with Gasteiger partial charge in [0.05, 0.1) is 11.9 Å². The summed E-state index contributed by atoms with van der Waals surface area (Å²) in [7, 11) is 0. The molecule has 2 aromatic carbocycles. The van der Waals surface area contributed by atoms with Gasteiger partial charge in [0, 0.05) is 17.8 Å². The number of fused-ring (bicyclic) bond motifs is 1. The highest BCUT2D eigenvalue weighted by Crippen LogP contribution is 2.25. The molecule has 6 heteroatoms. The number of nitrogen functional groups attached to an aromatic ring is 1. The van der Waals surface area contributed by atoms with Gasteiger partial charge in [-0.1, -0.05) is 53.8 Å². The Bertz CT molecular complexity index is 910. The van der Waals surface area contributed by atoms with Crippen molar-refractivity contribution in [3.05, 3.63) is 66.4 Å². The SMILES string of the molecule is Nc1cccc(-c2cn3nc(NCc4ccccc4)sc3n2)c1. The molecule has 0 amide bonds. The maximum atomic E-state index is 5.83. The molecule has 4 aromatic rings. The lowest BCUT2D eigenvalue weighted by molar-refractivity contribution is 0.962. The molecule has 2 heterocycles. The molecule has 0 aliphatic carbocycles. The van der Waals surface area contributed by atoms with Crippen LogP contribution in [0, 0.1) is 0 Å². The van der Waals surface area contributed by atoms with E-state index in [1.807, 2.05) is 48.7 Å². The molecule has 0 spiro atoms. The number of benzene rings is 2. The van der Waals surface area contributed by atoms with E-state index in [-0.39, 0.29) is 0 Å². The third-order valence-electron chi connectivity index (χ3n) is 3.51. The summed E-state index contributed by atoms with van der Waals surface area (Å²) >= 11 is 1.53. The van der Waals surface area contributed by atoms with Crippen LogP contribution >= 0.6 is 11.3 Å². The minimum Gasteiger partial charge on any atom is -0.399 e. The number of nitrogens with zero attached hydrogens (tertiary/aromatic N) is 3. The highest BCUT2D eigenvalue weighted by molar-refractivity contribution is 7.20. The van der Waals surface area contributed by atoms with Crippen molar-refractivity contribution in [2.75, 3.05) is 11.1 Å². The van der Waals surface area contributed by atoms with Crippen LogP contribution < -0.4 is 11.1 Å². The second-order valence-electron chi connectivity index (χ2n) is 5.23. The molecule has 0 atom stereocenters. The Kier molecular flexibility index (Phi) is 3.44. The fourth-order valence-corrected chi connectivity index (χ4v) is 3.16. The van der Waals surface area contributed by atoms with Crippen LogP contribution in [0.3, 0.4) is 0 Å². The average Bonchev–Trinajstić information content (AvgIpc) is 3.12. The molecule has 3 N–H and O–H groups in total. The van der Waals surface area contributed by atoms with Crippen LogP contribution in [0.2, 0.25) is 0 Å². The molecule has 4 rings (SSSR count). The number of rotatable bonds is 4. The van der Waals surface area contributed by atoms with Gasteiger partial charge in [-0.15, -0.1) is 5.10 Å². The van der Waals surface area contributed by atoms with Gasteiger partial charge >= 0.3 is 0 Å². The predicted octanol–water partition coefficient (Wildman–Crippen LogP) is 3.65. The lowest BCUT2D eigenvalue weighted by atomic mass is 10.1. The van der Waals surface area contributed by atoms with Crippen molar-refractivity contribution < 1.29 is 0 Å². The molecule has 0 radical (unpaired) electrons. The Morgan fingerprint density at radius 2 is 1.96 bits per heavy atom. The summed E-state index contributed by atoms with van der Waals surface area (Å²) in [6, 6.07) is 18.0. The zero-order valence-corrected chi connectivity index (χ0v) is 13.1. The van der Waals surface area contributed by atoms with Gasteiger partial charge in [-0.25, -0.2) is 9.50 Å². The van der Waals surface area contributed by atoms with E-state index in [1.54, 1.807) is 4.52 Å². The standard InChI is InChI=1S/C17H15N5S/c18-14-8-4-7-13(9-14)15-11-22-17(20-15)23-16(21-22)19-10-12-5-2-1-3-6-12/h1-9,11H,10,18H2,(H,19,21). The van der Waals surface area contributed by atoms with Gasteiger partial charge in [-0.2, -0.15) is 0 Å². The summed E-state index contributed by atoms with van der Waals surface area (Å²) in [5.41, 5.74) is 9.66. The van der Waals surface area contributed by atoms with Gasteiger partial charge in [0.1, 0.15) is 0 Å². The van der Waals surface area contributed by atoms with E-state index < -0.39 is 0 Å². The molecule has 0 bridgehead atoms. The van der Waals surface area contributed by atoms with E-state index in [0.717, 1.165) is 33.6 Å². The van der Waals surface area contributed by atoms with Crippen molar-refractivity contribution in [1.82, 2.24) is 14.6 Å². The van der Waals surface area contributed by atoms with Crippen molar-refractivity contribution in [2.24, 2.45) is 0 Å². The molecular weight excluding hydrogens is 306 g/mol. The molecule has 0 unspecified atom stereocenters. The van der Waals surface area contributed by atoms with E-state index >= 15 is 0 Å². The summed E-state index contributed by atoms with van der Waals surface area (Å²) in [4.78, 5) is 5.48. The van der Waals surface area contributed by atoms with E-state index in [9.17, 15) is 0 Å². The lowest BCUT2D eigenvalue weighted by Gasteiger charge is -2.01. The van der Waals surface area contributed by atoms with Crippen molar-refractivity contribution in [3.8, 4) is 11.3 Å². The first-order valence-corrected chi connectivity index (χ1v) is 8.09. The Labute approximate surface area is 137 Å². The molecule has 0 saturated heterocycles. The highest BCUT2D eigenvalue weighted by atomic mass is 32.1. The largest absolute Gasteiger partial charge is 0.399 e. The second-order valence-corrected chi connectivity index (χ2v) is 6.18. The summed E-state index contributed by atoms with van der Waals surface area (Å²) in [5.74, 6) is 0. The highest BCUT2D eigenvalue weighted by Gasteiger charge is 2.09. The smallest absolute Gasteiger partial charge is 0.214 e. The number of imidazole rings is 1. The molecule has 114 valence electrons. The summed E-state index contributed by atoms with van der Waals surface area (Å²) in [6.07, 6.45) is 1.92. The van der Waals surface area contributed by atoms with Gasteiger partial charge in [-0.3, -0.25) is 0 Å². The van der Waals surface area contributed by atoms with Gasteiger partial charge in [0.25, 0.3) is 0 Å². The first-order chi connectivity index (χ1) is 11.3. The van der Waals surface area contributed by atoms with Crippen LogP contribution in [-0.4, -0.2) is 14.6 Å². The lowest BCUT2D eigenvalue weighted by Crippen LogP contribution is -1.99. The third-order valence-corrected chi connectivity index (χ3v) is 4.39. The summed E-state index contributed by atoms with van der Waals surface area (Å²) in [6.45, 7) is 0.750. The minimum absolute atomic E-state index is 0.733. The number of aromatic nitrogens is 3. The quantitative estimate of drug-likeness (QED) is 0.563. The predicted molar refractivity (Wildman–Crippen MR) is 94.5 cm³/mol. The van der Waals surface area contributed by atoms with Gasteiger partial charge in [0.15, 0.2) is 0 Å². The number of nitrogens with two attached hydrogens (primary N) is 1. The Hall–Kier alpha value is -2.86. The van der Waals surface area contributed by atoms with Crippen LogP contribution in [0.4, 0.5) is 10.8 Å². The first kappa shape index (κ1) is 13.8. The van der Waals surface area contributed by atoms with Crippen molar-refractivity contribution >= 4 is 27.1 Å². The van der Waals surface area contributed by atoms with Crippen LogP contribution in [-0.2, 0) is 6.54 Å². The molecule has 0 fully saturated rings. The molecule has 23 heavy (non-hydrogen) atoms. The molecule has 0 aliphatic heterocycles. The first-order valence-electron chi connectivity index (χ1n) is 7.28. The van der Waals surface area contributed by atoms with Crippen LogP contribution in [0.5, 0.6) is 0 Å². The third kappa shape index (κ3) is 2.89. The Morgan fingerprint density at radius 1 is 1.09 bits per heavy atom. The van der Waals surface area contributed by atoms with E-state index in [0.29, 0.717) is 0 Å². The fourth-order valence-electron chi connectivity index (χ4n) is 2.38. The monoisotopic (exact) mass is 321 g/mol. The number of nitrogens with one attached hydrogen (secondary N) is 1. The number of hydrogen-bond acceptors (Lipinski definition) is 5. The van der Waals surface area contributed by atoms with Crippen LogP contribution in [0.25, 0.3) is 16.2 Å². The normalized spacial score (nSPS) is 11.0. The van der Waals surface area contributed by atoms with E-state index in [4.69, 9.17) is 5.73 Å². The second kappa shape index (κ2) is 5.73. The zero-order chi connectivity index (χ0) is 15.6. The number of hydrogen-bond donors (Lipinski definition) is 2. The van der Waals surface area contributed by atoms with Crippen LogP contribution in [0.15, 0.2) is 60.8 Å². The van der Waals surface area contributed by atoms with E-state index in [2.05, 4.69) is 27.5 Å². The molecular formula is C17H15N5S. The molecule has 2 aromatic heterocycles. The average molecular weight is 321 g/mol. The van der Waals surface area contributed by atoms with Gasteiger partial charge in [-0.05, 0) is 17.7 Å². The maximum absolute atomic E-state index is 5.83. The zero-order valence-electron chi connectivity index (χ0n) is 12.3. The van der Waals surface area contributed by atoms with E-state index in [1.165, 1.54) is 16.9 Å². The number of anilines is 2. The van der Waals surface area contributed by atoms with Crippen molar-refractivity contribution in [3.63, 3.8) is 0 Å². The van der Waals surface area contributed by atoms with Crippen molar-refractivity contribution in [1.29, 1.82) is 0 Å². The maximum Gasteiger partial charge on any atom is 0.214 e. The minimum atomic E-state index is 0.733. The Morgan fingerprint density at radius 3 is 2.74 bits per heavy atom. The fraction of sp³-hybridized carbons (Fsp3) is 0.0588. The van der Waals surface area contributed by atoms with Crippen LogP contribution in [0.1, 0.15) is 5.56 Å². The summed E-state index contributed by atoms with van der Waals surface area (Å²) < 4.78 is 1.80. The van der Waals surface area contributed by atoms with Crippen molar-refractivity contribution in [2.45, 2.75) is 6.54 Å². The van der Waals surface area contributed by atoms with Gasteiger partial charge < -0.3 is 11.1 Å².